The Labute approximate surface area is 148 Å². The van der Waals surface area contributed by atoms with Crippen molar-refractivity contribution < 1.29 is 80.1 Å². The lowest BCUT2D eigenvalue weighted by molar-refractivity contribution is -0.451. The third-order valence-corrected chi connectivity index (χ3v) is 3.54. The molecular weight excluding hydrogens is 468 g/mol. The summed E-state index contributed by atoms with van der Waals surface area (Å²) >= 11 is 0. The van der Waals surface area contributed by atoms with Crippen LogP contribution in [0.25, 0.3) is 0 Å². The second-order valence-electron chi connectivity index (χ2n) is 5.38. The Bertz CT molecular complexity index is 637. The number of carbonyl (C=O) groups is 1. The summed E-state index contributed by atoms with van der Waals surface area (Å²) in [7, 11) is 0. The molecule has 0 spiro atoms. The maximum Gasteiger partial charge on any atom is 0.410 e. The van der Waals surface area contributed by atoms with Gasteiger partial charge in [-0.3, -0.25) is 0 Å². The van der Waals surface area contributed by atoms with Crippen LogP contribution < -0.4 is 0 Å². The quantitative estimate of drug-likeness (QED) is 0.445. The maximum absolute atomic E-state index is 13.2. The molecule has 0 unspecified atom stereocenters. The van der Waals surface area contributed by atoms with Crippen LogP contribution in [-0.4, -0.2) is 58.5 Å². The van der Waals surface area contributed by atoms with E-state index in [0.717, 1.165) is 0 Å². The van der Waals surface area contributed by atoms with Gasteiger partial charge in [-0.25, -0.2) is 4.79 Å². The molecule has 174 valence electrons. The van der Waals surface area contributed by atoms with Crippen LogP contribution in [0.4, 0.5) is 70.2 Å². The second-order valence-corrected chi connectivity index (χ2v) is 5.38. The van der Waals surface area contributed by atoms with E-state index in [1.165, 1.54) is 0 Å². The highest BCUT2D eigenvalue weighted by atomic mass is 19.4. The van der Waals surface area contributed by atoms with Crippen molar-refractivity contribution in [1.29, 1.82) is 0 Å². The molecule has 0 amide bonds. The van der Waals surface area contributed by atoms with Crippen LogP contribution in [0.2, 0.25) is 0 Å². The van der Waals surface area contributed by atoms with Crippen molar-refractivity contribution in [1.82, 2.24) is 0 Å². The molecule has 1 N–H and O–H groups in total. The molecule has 0 aromatic heterocycles. The number of carboxylic acid groups (broad SMARTS) is 1. The third-order valence-electron chi connectivity index (χ3n) is 3.54. The molecule has 2 nitrogen and oxygen atoms in total. The van der Waals surface area contributed by atoms with Gasteiger partial charge >= 0.3 is 53.3 Å². The smallest absolute Gasteiger partial charge is 0.410 e. The Morgan fingerprint density at radius 3 is 1.03 bits per heavy atom. The second kappa shape index (κ2) is 6.68. The molecular formula is C11H6F16O2. The first-order valence-electron chi connectivity index (χ1n) is 6.51. The third kappa shape index (κ3) is 3.16. The molecule has 0 heterocycles. The van der Waals surface area contributed by atoms with Gasteiger partial charge in [0.05, 0.1) is 0 Å². The molecule has 0 bridgehead atoms. The molecule has 0 atom stereocenters. The molecule has 0 saturated heterocycles. The van der Waals surface area contributed by atoms with E-state index in [2.05, 4.69) is 0 Å². The van der Waals surface area contributed by atoms with Crippen molar-refractivity contribution >= 4 is 5.97 Å². The van der Waals surface area contributed by atoms with Crippen molar-refractivity contribution in [3.8, 4) is 0 Å². The Kier molecular flexibility index (Phi) is 6.30. The zero-order valence-electron chi connectivity index (χ0n) is 13.1. The summed E-state index contributed by atoms with van der Waals surface area (Å²) in [6.07, 6.45) is -2.47. The molecule has 0 rings (SSSR count). The minimum atomic E-state index is -8.60. The van der Waals surface area contributed by atoms with Gasteiger partial charge in [-0.1, -0.05) is 6.92 Å². The Hall–Kier alpha value is -1.65. The van der Waals surface area contributed by atoms with E-state index in [9.17, 15) is 75.0 Å². The van der Waals surface area contributed by atoms with E-state index in [1.54, 1.807) is 0 Å². The van der Waals surface area contributed by atoms with Gasteiger partial charge in [0.2, 0.25) is 0 Å². The van der Waals surface area contributed by atoms with Gasteiger partial charge in [0.1, 0.15) is 0 Å². The minimum Gasteiger partial charge on any atom is -0.477 e. The van der Waals surface area contributed by atoms with Crippen LogP contribution in [-0.2, 0) is 4.79 Å². The zero-order chi connectivity index (χ0) is 24.3. The van der Waals surface area contributed by atoms with E-state index >= 15 is 0 Å². The number of hydrogen-bond acceptors (Lipinski definition) is 1. The van der Waals surface area contributed by atoms with Crippen LogP contribution in [0.3, 0.4) is 0 Å². The number of hydrogen-bond donors (Lipinski definition) is 1. The Morgan fingerprint density at radius 1 is 0.552 bits per heavy atom. The highest BCUT2D eigenvalue weighted by Gasteiger charge is 2.95. The van der Waals surface area contributed by atoms with Crippen LogP contribution in [0.5, 0.6) is 0 Å². The minimum absolute atomic E-state index is 0.0730. The molecule has 0 fully saturated rings. The van der Waals surface area contributed by atoms with Gasteiger partial charge in [-0.2, -0.15) is 70.2 Å². The number of aliphatic carboxylic acids is 1. The summed E-state index contributed by atoms with van der Waals surface area (Å²) < 4.78 is 209. The average molecular weight is 474 g/mol. The van der Waals surface area contributed by atoms with Gasteiger partial charge in [-0.05, 0) is 0 Å². The van der Waals surface area contributed by atoms with E-state index in [-0.39, 0.29) is 6.92 Å². The molecule has 29 heavy (non-hydrogen) atoms. The van der Waals surface area contributed by atoms with Gasteiger partial charge in [0.15, 0.2) is 0 Å². The number of halogens is 16. The number of carboxylic acids is 1. The number of rotatable bonds is 9. The Morgan fingerprint density at radius 2 is 0.793 bits per heavy atom. The fourth-order valence-corrected chi connectivity index (χ4v) is 1.57. The summed E-state index contributed by atoms with van der Waals surface area (Å²) in [6.45, 7) is -0.0730. The molecule has 18 heteroatoms. The van der Waals surface area contributed by atoms with Crippen molar-refractivity contribution in [3.05, 3.63) is 0 Å². The predicted molar refractivity (Wildman–Crippen MR) is 57.5 cm³/mol. The lowest BCUT2D eigenvalue weighted by Gasteiger charge is -2.43. The monoisotopic (exact) mass is 474 g/mol. The molecule has 0 aromatic rings. The molecule has 0 aliphatic heterocycles. The maximum atomic E-state index is 13.2. The summed E-state index contributed by atoms with van der Waals surface area (Å²) in [6, 6.07) is 0. The Balaban J connectivity index is 6.80. The molecule has 0 aromatic carbocycles. The fraction of sp³-hybridized carbons (Fsp3) is 0.909. The fourth-order valence-electron chi connectivity index (χ4n) is 1.57. The van der Waals surface area contributed by atoms with Crippen LogP contribution >= 0.6 is 0 Å². The van der Waals surface area contributed by atoms with Crippen LogP contribution in [0.15, 0.2) is 0 Å². The van der Waals surface area contributed by atoms with E-state index in [4.69, 9.17) is 5.11 Å². The van der Waals surface area contributed by atoms with Gasteiger partial charge in [0.25, 0.3) is 0 Å². The van der Waals surface area contributed by atoms with Crippen LogP contribution in [0, 0.1) is 0 Å². The first-order valence-corrected chi connectivity index (χ1v) is 6.51. The normalized spacial score (nSPS) is 16.2. The molecule has 0 radical (unpaired) electrons. The zero-order valence-corrected chi connectivity index (χ0v) is 13.1. The first kappa shape index (κ1) is 27.4. The van der Waals surface area contributed by atoms with Gasteiger partial charge < -0.3 is 5.11 Å². The van der Waals surface area contributed by atoms with Gasteiger partial charge in [0, 0.05) is 6.42 Å². The summed E-state index contributed by atoms with van der Waals surface area (Å²) in [5.41, 5.74) is 0. The lowest BCUT2D eigenvalue weighted by Crippen LogP contribution is -2.75. The summed E-state index contributed by atoms with van der Waals surface area (Å²) in [4.78, 5) is 9.85. The molecule has 0 saturated carbocycles. The molecule has 0 aliphatic rings. The number of alkyl halides is 16. The van der Waals surface area contributed by atoms with Gasteiger partial charge in [-0.15, -0.1) is 0 Å². The predicted octanol–water partition coefficient (Wildman–Crippen LogP) is 5.56. The highest BCUT2D eigenvalue weighted by molar-refractivity contribution is 5.77. The lowest BCUT2D eigenvalue weighted by atomic mass is 9.87. The van der Waals surface area contributed by atoms with E-state index < -0.39 is 59.8 Å². The van der Waals surface area contributed by atoms with Crippen molar-refractivity contribution in [2.24, 2.45) is 0 Å². The largest absolute Gasteiger partial charge is 0.477 e. The van der Waals surface area contributed by atoms with E-state index in [1.807, 2.05) is 0 Å². The average Bonchev–Trinajstić information content (AvgIpc) is 2.53. The SMILES string of the molecule is CCC(F)(F)C(F)(F)C(F)(F)C(F)(F)C(F)(F)C(F)(F)C(F)(F)C(F)(F)C(=O)O. The van der Waals surface area contributed by atoms with Crippen molar-refractivity contribution in [2.75, 3.05) is 0 Å². The summed E-state index contributed by atoms with van der Waals surface area (Å²) in [5, 5.41) is 7.67. The molecule has 0 aliphatic carbocycles. The van der Waals surface area contributed by atoms with Crippen molar-refractivity contribution in [3.63, 3.8) is 0 Å². The van der Waals surface area contributed by atoms with Crippen molar-refractivity contribution in [2.45, 2.75) is 60.7 Å². The van der Waals surface area contributed by atoms with E-state index in [0.29, 0.717) is 0 Å². The highest BCUT2D eigenvalue weighted by Crippen LogP contribution is 2.64. The van der Waals surface area contributed by atoms with Crippen LogP contribution in [0.1, 0.15) is 13.3 Å². The topological polar surface area (TPSA) is 37.3 Å². The first-order chi connectivity index (χ1) is 12.3. The summed E-state index contributed by atoms with van der Waals surface area (Å²) in [5.74, 6) is -67.4. The standard InChI is InChI=1S/C11H6F16O2/c1-2-4(12,13)6(16,17)8(20,21)10(24,25)11(26,27)9(22,23)7(18,19)5(14,15)3(28)29/h2H2,1H3,(H,28,29).